The van der Waals surface area contributed by atoms with Crippen LogP contribution in [0.3, 0.4) is 0 Å². The van der Waals surface area contributed by atoms with Crippen molar-refractivity contribution in [2.75, 3.05) is 4.90 Å². The highest BCUT2D eigenvalue weighted by Crippen LogP contribution is 2.62. The molecule has 0 saturated carbocycles. The van der Waals surface area contributed by atoms with Gasteiger partial charge in [0.05, 0.1) is 22.5 Å². The van der Waals surface area contributed by atoms with Crippen molar-refractivity contribution in [1.82, 2.24) is 4.90 Å². The first-order chi connectivity index (χ1) is 22.8. The Balaban J connectivity index is 1.25. The van der Waals surface area contributed by atoms with E-state index in [4.69, 9.17) is 9.98 Å². The van der Waals surface area contributed by atoms with E-state index >= 15 is 0 Å². The Morgan fingerprint density at radius 3 is 1.65 bits per heavy atom. The molecule has 5 aromatic carbocycles. The largest absolute Gasteiger partial charge is 0.309 e. The predicted molar refractivity (Wildman–Crippen MR) is 185 cm³/mol. The zero-order valence-electron chi connectivity index (χ0n) is 24.2. The van der Waals surface area contributed by atoms with Gasteiger partial charge in [0.1, 0.15) is 12.7 Å². The Kier molecular flexibility index (Phi) is 5.26. The number of para-hydroxylation sites is 3. The molecule has 0 aromatic heterocycles. The lowest BCUT2D eigenvalue weighted by atomic mass is 9.62. The maximum Gasteiger partial charge on any atom is 0.243 e. The quantitative estimate of drug-likeness (QED) is 0.203. The van der Waals surface area contributed by atoms with Gasteiger partial charge in [0.2, 0.25) is 17.9 Å². The predicted octanol–water partition coefficient (Wildman–Crippen LogP) is 7.53. The van der Waals surface area contributed by atoms with Gasteiger partial charge in [0.25, 0.3) is 0 Å². The average Bonchev–Trinajstić information content (AvgIpc) is 3.12. The molecule has 9 heteroatoms. The van der Waals surface area contributed by atoms with Crippen LogP contribution in [-0.2, 0) is 5.41 Å². The summed E-state index contributed by atoms with van der Waals surface area (Å²) in [5.41, 5.74) is 8.53. The van der Waals surface area contributed by atoms with Gasteiger partial charge in [0.15, 0.2) is 5.84 Å². The van der Waals surface area contributed by atoms with Gasteiger partial charge in [-0.15, -0.1) is 0 Å². The van der Waals surface area contributed by atoms with E-state index in [1.165, 1.54) is 44.7 Å². The minimum atomic E-state index is -0.511. The van der Waals surface area contributed by atoms with Gasteiger partial charge >= 0.3 is 0 Å². The highest BCUT2D eigenvalue weighted by molar-refractivity contribution is 7.99. The number of hydrogen-bond donors (Lipinski definition) is 0. The molecule has 5 aromatic rings. The lowest BCUT2D eigenvalue weighted by molar-refractivity contribution is 0.692. The lowest BCUT2D eigenvalue weighted by Gasteiger charge is -2.49. The molecule has 0 saturated heterocycles. The van der Waals surface area contributed by atoms with E-state index in [-0.39, 0.29) is 0 Å². The molecule has 0 amide bonds. The normalized spacial score (nSPS) is 17.5. The van der Waals surface area contributed by atoms with Gasteiger partial charge in [-0.1, -0.05) is 96.7 Å². The Hall–Kier alpha value is -5.93. The van der Waals surface area contributed by atoms with Crippen molar-refractivity contribution in [2.45, 2.75) is 15.2 Å². The molecule has 0 unspecified atom stereocenters. The van der Waals surface area contributed by atoms with Gasteiger partial charge in [-0.05, 0) is 58.7 Å². The molecular weight excluding hydrogens is 589 g/mol. The number of amidine groups is 1. The van der Waals surface area contributed by atoms with Crippen LogP contribution in [0.5, 0.6) is 0 Å². The van der Waals surface area contributed by atoms with Crippen molar-refractivity contribution >= 4 is 65.2 Å². The highest BCUT2D eigenvalue weighted by atomic mass is 32.2. The molecule has 46 heavy (non-hydrogen) atoms. The van der Waals surface area contributed by atoms with Crippen LogP contribution in [0.25, 0.3) is 0 Å². The SMILES string of the molecule is C1=NC2=NC=NC3=NC(c4ccccc4N4c5ccccc5C5(c6ccccc6Sc6ccccc65)c5ccccc54)=NC(=N1)N23. The first kappa shape index (κ1) is 25.4. The van der Waals surface area contributed by atoms with Crippen molar-refractivity contribution in [2.24, 2.45) is 30.0 Å². The summed E-state index contributed by atoms with van der Waals surface area (Å²) in [7, 11) is 0. The van der Waals surface area contributed by atoms with Crippen LogP contribution >= 0.6 is 11.8 Å². The summed E-state index contributed by atoms with van der Waals surface area (Å²) >= 11 is 1.85. The second kappa shape index (κ2) is 9.53. The van der Waals surface area contributed by atoms with Gasteiger partial charge < -0.3 is 4.90 Å². The third-order valence-electron chi connectivity index (χ3n) is 8.99. The van der Waals surface area contributed by atoms with E-state index in [1.807, 2.05) is 17.8 Å². The zero-order valence-corrected chi connectivity index (χ0v) is 25.0. The van der Waals surface area contributed by atoms with Gasteiger partial charge in [0, 0.05) is 15.4 Å². The first-order valence-corrected chi connectivity index (χ1v) is 15.8. The third kappa shape index (κ3) is 3.34. The summed E-state index contributed by atoms with van der Waals surface area (Å²) in [4.78, 5) is 33.7. The van der Waals surface area contributed by atoms with Crippen LogP contribution in [0, 0.1) is 0 Å². The van der Waals surface area contributed by atoms with E-state index < -0.39 is 5.41 Å². The monoisotopic (exact) mass is 610 g/mol. The summed E-state index contributed by atoms with van der Waals surface area (Å²) in [6.45, 7) is 0. The number of nitrogens with zero attached hydrogens (tertiary/aromatic N) is 8. The van der Waals surface area contributed by atoms with E-state index in [2.05, 4.69) is 140 Å². The second-order valence-electron chi connectivity index (χ2n) is 11.3. The molecule has 0 bridgehead atoms. The van der Waals surface area contributed by atoms with Crippen molar-refractivity contribution in [3.63, 3.8) is 0 Å². The Labute approximate surface area is 268 Å². The van der Waals surface area contributed by atoms with Crippen LogP contribution < -0.4 is 4.90 Å². The maximum absolute atomic E-state index is 4.90. The number of rotatable bonds is 2. The Bertz CT molecular complexity index is 2230. The maximum atomic E-state index is 4.90. The molecule has 0 N–H and O–H groups in total. The molecule has 216 valence electrons. The molecule has 0 fully saturated rings. The highest BCUT2D eigenvalue weighted by Gasteiger charge is 2.50. The molecule has 0 radical (unpaired) electrons. The third-order valence-corrected chi connectivity index (χ3v) is 10.1. The minimum absolute atomic E-state index is 0.437. The summed E-state index contributed by atoms with van der Waals surface area (Å²) in [5.74, 6) is 1.85. The summed E-state index contributed by atoms with van der Waals surface area (Å²) < 4.78 is 0. The molecular formula is C37H22N8S. The molecule has 1 spiro atoms. The van der Waals surface area contributed by atoms with E-state index in [0.29, 0.717) is 23.7 Å². The standard InChI is InChI=1S/C37H22N8S/c1-6-16-28(23(11-1)33-42-35-40-21-38-34-39-22-41-36(43-33)45(34)35)44-29-17-7-2-12-24(29)37(25-13-3-8-18-30(25)44)26-14-4-9-19-31(26)46-32-20-10-5-15-27(32)37/h1-22H. The second-order valence-corrected chi connectivity index (χ2v) is 12.3. The van der Waals surface area contributed by atoms with Crippen LogP contribution in [0.4, 0.5) is 17.1 Å². The smallest absolute Gasteiger partial charge is 0.243 e. The van der Waals surface area contributed by atoms with Crippen LogP contribution in [0.15, 0.2) is 161 Å². The molecule has 10 rings (SSSR count). The van der Waals surface area contributed by atoms with E-state index in [1.54, 1.807) is 4.90 Å². The Morgan fingerprint density at radius 2 is 0.978 bits per heavy atom. The van der Waals surface area contributed by atoms with Crippen molar-refractivity contribution in [3.05, 3.63) is 149 Å². The lowest BCUT2D eigenvalue weighted by Crippen LogP contribution is -2.46. The fraction of sp³-hybridized carbons (Fsp3) is 0.0270. The van der Waals surface area contributed by atoms with E-state index in [0.717, 1.165) is 22.6 Å². The topological polar surface area (TPSA) is 80.6 Å². The summed E-state index contributed by atoms with van der Waals surface area (Å²) in [5, 5.41) is 0. The summed E-state index contributed by atoms with van der Waals surface area (Å²) in [6, 6.07) is 43.5. The molecule has 0 atom stereocenters. The van der Waals surface area contributed by atoms with Crippen LogP contribution in [0.1, 0.15) is 27.8 Å². The van der Waals surface area contributed by atoms with Gasteiger partial charge in [-0.25, -0.2) is 24.9 Å². The molecule has 0 aliphatic carbocycles. The fourth-order valence-corrected chi connectivity index (χ4v) is 8.42. The number of guanidine groups is 3. The molecule has 5 heterocycles. The number of aliphatic imine (C=N–C) groups is 6. The summed E-state index contributed by atoms with van der Waals surface area (Å²) in [6.07, 6.45) is 2.93. The van der Waals surface area contributed by atoms with Crippen molar-refractivity contribution < 1.29 is 0 Å². The number of fused-ring (bicyclic) bond motifs is 8. The van der Waals surface area contributed by atoms with Crippen LogP contribution in [-0.4, -0.2) is 41.3 Å². The van der Waals surface area contributed by atoms with Crippen LogP contribution in [0.2, 0.25) is 0 Å². The molecule has 8 nitrogen and oxygen atoms in total. The number of hydrogen-bond acceptors (Lipinski definition) is 9. The minimum Gasteiger partial charge on any atom is -0.309 e. The average molecular weight is 611 g/mol. The van der Waals surface area contributed by atoms with Gasteiger partial charge in [-0.2, -0.15) is 9.98 Å². The van der Waals surface area contributed by atoms with Gasteiger partial charge in [-0.3, -0.25) is 0 Å². The Morgan fingerprint density at radius 1 is 0.457 bits per heavy atom. The number of benzene rings is 5. The zero-order chi connectivity index (χ0) is 30.2. The first-order valence-electron chi connectivity index (χ1n) is 15.0. The fourth-order valence-electron chi connectivity index (χ4n) is 7.23. The molecule has 5 aliphatic heterocycles. The van der Waals surface area contributed by atoms with Crippen molar-refractivity contribution in [1.29, 1.82) is 0 Å². The molecule has 5 aliphatic rings. The number of anilines is 3. The van der Waals surface area contributed by atoms with E-state index in [9.17, 15) is 0 Å². The van der Waals surface area contributed by atoms with Crippen molar-refractivity contribution in [3.8, 4) is 0 Å².